The molecule has 72 valence electrons. The minimum atomic E-state index is -0.716. The van der Waals surface area contributed by atoms with E-state index in [-0.39, 0.29) is 6.42 Å². The maximum absolute atomic E-state index is 10.2. The van der Waals surface area contributed by atoms with E-state index in [2.05, 4.69) is 11.2 Å². The van der Waals surface area contributed by atoms with E-state index in [1.54, 1.807) is 0 Å². The van der Waals surface area contributed by atoms with E-state index >= 15 is 0 Å². The third kappa shape index (κ3) is 7.88. The molecule has 0 aromatic rings. The molecular formula is C8H17NO2S. The number of hydrogen-bond acceptors (Lipinski definition) is 3. The lowest BCUT2D eigenvalue weighted by Crippen LogP contribution is -2.23. The van der Waals surface area contributed by atoms with Crippen molar-refractivity contribution in [3.63, 3.8) is 0 Å². The molecule has 12 heavy (non-hydrogen) atoms. The summed E-state index contributed by atoms with van der Waals surface area (Å²) in [4.78, 5) is 12.3. The van der Waals surface area contributed by atoms with E-state index in [0.717, 1.165) is 18.7 Å². The summed E-state index contributed by atoms with van der Waals surface area (Å²) >= 11 is 1.83. The van der Waals surface area contributed by atoms with Gasteiger partial charge in [0.1, 0.15) is 0 Å². The van der Waals surface area contributed by atoms with Gasteiger partial charge in [0.05, 0.1) is 6.42 Å². The highest BCUT2D eigenvalue weighted by atomic mass is 32.2. The van der Waals surface area contributed by atoms with E-state index in [4.69, 9.17) is 5.11 Å². The van der Waals surface area contributed by atoms with E-state index < -0.39 is 5.97 Å². The van der Waals surface area contributed by atoms with Gasteiger partial charge in [-0.3, -0.25) is 4.79 Å². The lowest BCUT2D eigenvalue weighted by atomic mass is 10.3. The zero-order chi connectivity index (χ0) is 9.40. The molecule has 0 radical (unpaired) electrons. The van der Waals surface area contributed by atoms with Crippen molar-refractivity contribution in [2.24, 2.45) is 0 Å². The fraction of sp³-hybridized carbons (Fsp3) is 0.875. The van der Waals surface area contributed by atoms with Gasteiger partial charge in [0, 0.05) is 6.54 Å². The van der Waals surface area contributed by atoms with Crippen molar-refractivity contribution in [3.05, 3.63) is 0 Å². The van der Waals surface area contributed by atoms with Crippen LogP contribution in [0.4, 0.5) is 0 Å². The second-order valence-electron chi connectivity index (χ2n) is 2.79. The van der Waals surface area contributed by atoms with E-state index in [1.165, 1.54) is 0 Å². The first-order chi connectivity index (χ1) is 5.66. The molecule has 0 atom stereocenters. The second kappa shape index (κ2) is 7.43. The van der Waals surface area contributed by atoms with Gasteiger partial charge in [-0.15, -0.1) is 0 Å². The number of carboxylic acid groups (broad SMARTS) is 1. The Morgan fingerprint density at radius 3 is 2.67 bits per heavy atom. The topological polar surface area (TPSA) is 40.5 Å². The number of nitrogens with zero attached hydrogens (tertiary/aromatic N) is 1. The van der Waals surface area contributed by atoms with Crippen molar-refractivity contribution in [2.75, 3.05) is 32.1 Å². The Bertz CT molecular complexity index is 130. The summed E-state index contributed by atoms with van der Waals surface area (Å²) in [5.74, 6) is 0.434. The Labute approximate surface area is 78.1 Å². The van der Waals surface area contributed by atoms with Crippen molar-refractivity contribution in [1.29, 1.82) is 0 Å². The highest BCUT2D eigenvalue weighted by Gasteiger charge is 2.01. The van der Waals surface area contributed by atoms with Gasteiger partial charge in [-0.1, -0.05) is 0 Å². The molecule has 0 aliphatic heterocycles. The van der Waals surface area contributed by atoms with Crippen LogP contribution in [-0.2, 0) is 4.79 Å². The molecule has 1 N–H and O–H groups in total. The minimum Gasteiger partial charge on any atom is -0.481 e. The summed E-state index contributed by atoms with van der Waals surface area (Å²) in [5.41, 5.74) is 0. The molecule has 0 aromatic heterocycles. The molecule has 0 heterocycles. The zero-order valence-corrected chi connectivity index (χ0v) is 8.56. The maximum Gasteiger partial charge on any atom is 0.304 e. The third-order valence-corrected chi connectivity index (χ3v) is 2.29. The van der Waals surface area contributed by atoms with Crippen LogP contribution < -0.4 is 0 Å². The van der Waals surface area contributed by atoms with E-state index in [0.29, 0.717) is 6.54 Å². The molecule has 0 rings (SSSR count). The summed E-state index contributed by atoms with van der Waals surface area (Å²) in [7, 11) is 1.96. The molecule has 3 nitrogen and oxygen atoms in total. The SMILES string of the molecule is CSCCCN(C)CCC(=O)O. The van der Waals surface area contributed by atoms with Gasteiger partial charge in [-0.05, 0) is 32.0 Å². The second-order valence-corrected chi connectivity index (χ2v) is 3.78. The van der Waals surface area contributed by atoms with Crippen molar-refractivity contribution >= 4 is 17.7 Å². The molecule has 0 aliphatic carbocycles. The molecule has 0 bridgehead atoms. The Morgan fingerprint density at radius 1 is 1.50 bits per heavy atom. The van der Waals surface area contributed by atoms with Gasteiger partial charge >= 0.3 is 5.97 Å². The van der Waals surface area contributed by atoms with Crippen molar-refractivity contribution < 1.29 is 9.90 Å². The standard InChI is InChI=1S/C8H17NO2S/c1-9(5-3-7-12-2)6-4-8(10)11/h3-7H2,1-2H3,(H,10,11). The Balaban J connectivity index is 3.21. The summed E-state index contributed by atoms with van der Waals surface area (Å²) in [5, 5.41) is 8.40. The van der Waals surface area contributed by atoms with Crippen molar-refractivity contribution in [3.8, 4) is 0 Å². The van der Waals surface area contributed by atoms with E-state index in [9.17, 15) is 4.79 Å². The number of carbonyl (C=O) groups is 1. The normalized spacial score (nSPS) is 10.6. The third-order valence-electron chi connectivity index (χ3n) is 1.60. The van der Waals surface area contributed by atoms with Crippen LogP contribution in [0.15, 0.2) is 0 Å². The Hall–Kier alpha value is -0.220. The van der Waals surface area contributed by atoms with Crippen LogP contribution in [0.1, 0.15) is 12.8 Å². The van der Waals surface area contributed by atoms with Gasteiger partial charge in [0.2, 0.25) is 0 Å². The first kappa shape index (κ1) is 11.8. The smallest absolute Gasteiger partial charge is 0.304 e. The predicted molar refractivity (Wildman–Crippen MR) is 52.7 cm³/mol. The highest BCUT2D eigenvalue weighted by molar-refractivity contribution is 7.98. The van der Waals surface area contributed by atoms with Crippen LogP contribution >= 0.6 is 11.8 Å². The van der Waals surface area contributed by atoms with Crippen molar-refractivity contribution in [2.45, 2.75) is 12.8 Å². The maximum atomic E-state index is 10.2. The summed E-state index contributed by atoms with van der Waals surface area (Å²) < 4.78 is 0. The molecule has 0 saturated carbocycles. The molecule has 0 saturated heterocycles. The molecule has 0 spiro atoms. The highest BCUT2D eigenvalue weighted by Crippen LogP contribution is 1.97. The number of rotatable bonds is 7. The number of thioether (sulfide) groups is 1. The molecular weight excluding hydrogens is 174 g/mol. The number of aliphatic carboxylic acids is 1. The van der Waals surface area contributed by atoms with Crippen LogP contribution in [0.5, 0.6) is 0 Å². The first-order valence-electron chi connectivity index (χ1n) is 4.06. The zero-order valence-electron chi connectivity index (χ0n) is 7.75. The largest absolute Gasteiger partial charge is 0.481 e. The van der Waals surface area contributed by atoms with Crippen LogP contribution in [0.2, 0.25) is 0 Å². The summed E-state index contributed by atoms with van der Waals surface area (Å²) in [6, 6.07) is 0. The van der Waals surface area contributed by atoms with Crippen LogP contribution in [0, 0.1) is 0 Å². The van der Waals surface area contributed by atoms with Gasteiger partial charge in [0.15, 0.2) is 0 Å². The Morgan fingerprint density at radius 2 is 2.17 bits per heavy atom. The average molecular weight is 191 g/mol. The van der Waals surface area contributed by atoms with Crippen LogP contribution in [-0.4, -0.2) is 48.1 Å². The first-order valence-corrected chi connectivity index (χ1v) is 5.45. The monoisotopic (exact) mass is 191 g/mol. The van der Waals surface area contributed by atoms with Gasteiger partial charge in [0.25, 0.3) is 0 Å². The van der Waals surface area contributed by atoms with Gasteiger partial charge in [-0.25, -0.2) is 0 Å². The summed E-state index contributed by atoms with van der Waals surface area (Å²) in [6.07, 6.45) is 3.46. The fourth-order valence-electron chi connectivity index (χ4n) is 0.877. The Kier molecular flexibility index (Phi) is 7.29. The van der Waals surface area contributed by atoms with Gasteiger partial charge in [-0.2, -0.15) is 11.8 Å². The average Bonchev–Trinajstić information content (AvgIpc) is 2.01. The molecule has 0 unspecified atom stereocenters. The molecule has 0 fully saturated rings. The minimum absolute atomic E-state index is 0.246. The molecule has 4 heteroatoms. The van der Waals surface area contributed by atoms with Gasteiger partial charge < -0.3 is 10.0 Å². The fourth-order valence-corrected chi connectivity index (χ4v) is 1.29. The number of hydrogen-bond donors (Lipinski definition) is 1. The molecule has 0 amide bonds. The lowest BCUT2D eigenvalue weighted by Gasteiger charge is -2.14. The van der Waals surface area contributed by atoms with Crippen LogP contribution in [0.3, 0.4) is 0 Å². The number of carboxylic acids is 1. The summed E-state index contributed by atoms with van der Waals surface area (Å²) in [6.45, 7) is 1.65. The molecule has 0 aliphatic rings. The van der Waals surface area contributed by atoms with E-state index in [1.807, 2.05) is 18.8 Å². The quantitative estimate of drug-likeness (QED) is 0.613. The van der Waals surface area contributed by atoms with Crippen LogP contribution in [0.25, 0.3) is 0 Å². The lowest BCUT2D eigenvalue weighted by molar-refractivity contribution is -0.137. The molecule has 0 aromatic carbocycles. The predicted octanol–water partition coefficient (Wildman–Crippen LogP) is 1.15. The van der Waals surface area contributed by atoms with Crippen molar-refractivity contribution in [1.82, 2.24) is 4.90 Å².